The van der Waals surface area contributed by atoms with Gasteiger partial charge in [-0.2, -0.15) is 21.6 Å². The number of fused-ring (bicyclic) bond motifs is 1. The standard InChI is InChI=1S/C19H17F3O3S.C4H10O.C3H6O2.CH4/c1-3-16-12(2)10-15-11-14(7-6-13-4-5-13)8-9-17(15)18(16)25-26(23,24)19(20,21)22;1-4(2,3)5;1-2-5-3-4;/h8-11,13H,3-5H2,1-2H3;5H,1-3H3;3H,2H2,1H3;1H4. The van der Waals surface area contributed by atoms with Crippen molar-refractivity contribution in [2.75, 3.05) is 6.61 Å². The first-order valence-corrected chi connectivity index (χ1v) is 12.8. The monoisotopic (exact) mass is 546 g/mol. The Hall–Kier alpha value is -2.77. The molecule has 0 unspecified atom stereocenters. The maximum absolute atomic E-state index is 12.8. The molecule has 2 aromatic carbocycles. The van der Waals surface area contributed by atoms with E-state index in [4.69, 9.17) is 5.11 Å². The number of hydrogen-bond donors (Lipinski definition) is 1. The molecule has 0 aromatic heterocycles. The molecule has 0 aliphatic heterocycles. The van der Waals surface area contributed by atoms with Gasteiger partial charge in [0.05, 0.1) is 12.2 Å². The third kappa shape index (κ3) is 11.9. The van der Waals surface area contributed by atoms with E-state index in [2.05, 4.69) is 20.8 Å². The van der Waals surface area contributed by atoms with Gasteiger partial charge >= 0.3 is 15.6 Å². The van der Waals surface area contributed by atoms with Gasteiger partial charge in [-0.3, -0.25) is 4.79 Å². The Kier molecular flexibility index (Phi) is 13.2. The summed E-state index contributed by atoms with van der Waals surface area (Å²) < 4.78 is 70.1. The van der Waals surface area contributed by atoms with Gasteiger partial charge in [-0.15, -0.1) is 0 Å². The van der Waals surface area contributed by atoms with Crippen LogP contribution in [0.4, 0.5) is 13.2 Å². The first-order chi connectivity index (χ1) is 16.5. The zero-order chi connectivity index (χ0) is 27.7. The van der Waals surface area contributed by atoms with Crippen molar-refractivity contribution in [3.63, 3.8) is 0 Å². The number of ether oxygens (including phenoxy) is 1. The first-order valence-electron chi connectivity index (χ1n) is 11.4. The predicted molar refractivity (Wildman–Crippen MR) is 140 cm³/mol. The Morgan fingerprint density at radius 1 is 1.14 bits per heavy atom. The molecule has 6 nitrogen and oxygen atoms in total. The molecule has 1 aliphatic carbocycles. The summed E-state index contributed by atoms with van der Waals surface area (Å²) in [5.74, 6) is 6.33. The molecule has 1 aliphatic rings. The fraction of sp³-hybridized carbons (Fsp3) is 0.519. The molecule has 0 atom stereocenters. The van der Waals surface area contributed by atoms with Gasteiger partial charge < -0.3 is 14.0 Å². The molecule has 208 valence electrons. The van der Waals surface area contributed by atoms with Crippen LogP contribution in [0.3, 0.4) is 0 Å². The van der Waals surface area contributed by atoms with Crippen LogP contribution < -0.4 is 4.18 Å². The number of benzene rings is 2. The summed E-state index contributed by atoms with van der Waals surface area (Å²) in [7, 11) is -5.74. The van der Waals surface area contributed by atoms with Crippen molar-refractivity contribution in [2.24, 2.45) is 5.92 Å². The number of aryl methyl sites for hydroxylation is 1. The van der Waals surface area contributed by atoms with E-state index in [0.29, 0.717) is 47.3 Å². The summed E-state index contributed by atoms with van der Waals surface area (Å²) in [4.78, 5) is 9.18. The highest BCUT2D eigenvalue weighted by molar-refractivity contribution is 7.88. The van der Waals surface area contributed by atoms with E-state index in [0.717, 1.165) is 18.4 Å². The minimum Gasteiger partial charge on any atom is -0.468 e. The van der Waals surface area contributed by atoms with E-state index in [1.807, 2.05) is 6.07 Å². The lowest BCUT2D eigenvalue weighted by Gasteiger charge is -2.17. The van der Waals surface area contributed by atoms with E-state index >= 15 is 0 Å². The van der Waals surface area contributed by atoms with Gasteiger partial charge in [0.2, 0.25) is 0 Å². The van der Waals surface area contributed by atoms with Gasteiger partial charge in [0, 0.05) is 16.9 Å². The molecule has 0 amide bonds. The maximum Gasteiger partial charge on any atom is 0.534 e. The van der Waals surface area contributed by atoms with Gasteiger partial charge in [-0.25, -0.2) is 0 Å². The number of carbonyl (C=O) groups is 1. The smallest absolute Gasteiger partial charge is 0.468 e. The highest BCUT2D eigenvalue weighted by Crippen LogP contribution is 2.37. The van der Waals surface area contributed by atoms with Gasteiger partial charge in [0.25, 0.3) is 6.47 Å². The fourth-order valence-electron chi connectivity index (χ4n) is 2.80. The molecule has 0 saturated heterocycles. The summed E-state index contributed by atoms with van der Waals surface area (Å²) in [5.41, 5.74) is -4.15. The van der Waals surface area contributed by atoms with Crippen molar-refractivity contribution in [2.45, 2.75) is 79.3 Å². The Morgan fingerprint density at radius 3 is 2.11 bits per heavy atom. The number of carbonyl (C=O) groups excluding carboxylic acids is 1. The largest absolute Gasteiger partial charge is 0.534 e. The summed E-state index contributed by atoms with van der Waals surface area (Å²) in [6.07, 6.45) is 2.52. The quantitative estimate of drug-likeness (QED) is 0.205. The summed E-state index contributed by atoms with van der Waals surface area (Å²) in [6.45, 7) is 11.3. The zero-order valence-corrected chi connectivity index (χ0v) is 22.1. The van der Waals surface area contributed by atoms with Gasteiger partial charge in [0.15, 0.2) is 5.75 Å². The Bertz CT molecular complexity index is 1190. The van der Waals surface area contributed by atoms with Crippen LogP contribution >= 0.6 is 0 Å². The number of halogens is 3. The highest BCUT2D eigenvalue weighted by Gasteiger charge is 2.49. The van der Waals surface area contributed by atoms with E-state index < -0.39 is 21.2 Å². The molecule has 0 heterocycles. The van der Waals surface area contributed by atoms with Crippen LogP contribution in [-0.2, 0) is 26.1 Å². The van der Waals surface area contributed by atoms with E-state index in [1.165, 1.54) is 0 Å². The van der Waals surface area contributed by atoms with Gasteiger partial charge in [0.1, 0.15) is 0 Å². The lowest BCUT2D eigenvalue weighted by atomic mass is 9.97. The molecule has 37 heavy (non-hydrogen) atoms. The minimum atomic E-state index is -5.74. The second-order valence-corrected chi connectivity index (χ2v) is 10.6. The van der Waals surface area contributed by atoms with Crippen molar-refractivity contribution >= 4 is 27.4 Å². The maximum atomic E-state index is 12.8. The molecule has 1 N–H and O–H groups in total. The predicted octanol–water partition coefficient (Wildman–Crippen LogP) is 6.29. The Morgan fingerprint density at radius 2 is 1.70 bits per heavy atom. The molecule has 3 rings (SSSR count). The Labute approximate surface area is 218 Å². The van der Waals surface area contributed by atoms with Crippen molar-refractivity contribution in [1.29, 1.82) is 0 Å². The van der Waals surface area contributed by atoms with Crippen LogP contribution in [0.5, 0.6) is 5.75 Å². The van der Waals surface area contributed by atoms with Crippen LogP contribution in [0.25, 0.3) is 10.8 Å². The Balaban J connectivity index is 0.00000101. The lowest BCUT2D eigenvalue weighted by molar-refractivity contribution is -0.128. The third-order valence-electron chi connectivity index (χ3n) is 4.48. The van der Waals surface area contributed by atoms with Crippen LogP contribution in [0.15, 0.2) is 24.3 Å². The van der Waals surface area contributed by atoms with Crippen molar-refractivity contribution in [1.82, 2.24) is 0 Å². The normalized spacial score (nSPS) is 12.9. The number of hydrogen-bond acceptors (Lipinski definition) is 6. The van der Waals surface area contributed by atoms with Crippen LogP contribution in [-0.4, -0.2) is 37.7 Å². The molecule has 1 fully saturated rings. The summed E-state index contributed by atoms with van der Waals surface area (Å²) in [6, 6.07) is 6.78. The van der Waals surface area contributed by atoms with Gasteiger partial charge in [-0.05, 0) is 88.6 Å². The molecule has 10 heteroatoms. The molecule has 0 radical (unpaired) electrons. The fourth-order valence-corrected chi connectivity index (χ4v) is 3.31. The van der Waals surface area contributed by atoms with Gasteiger partial charge in [-0.1, -0.05) is 32.3 Å². The third-order valence-corrected chi connectivity index (χ3v) is 5.43. The first kappa shape index (κ1) is 34.2. The molecule has 2 aromatic rings. The van der Waals surface area contributed by atoms with Crippen LogP contribution in [0, 0.1) is 24.7 Å². The summed E-state index contributed by atoms with van der Waals surface area (Å²) in [5, 5.41) is 9.43. The van der Waals surface area contributed by atoms with Crippen LogP contribution in [0.2, 0.25) is 0 Å². The van der Waals surface area contributed by atoms with E-state index in [9.17, 15) is 26.4 Å². The molecular formula is C27H37F3O6S. The number of aliphatic hydroxyl groups is 1. The number of alkyl halides is 3. The van der Waals surface area contributed by atoms with Crippen molar-refractivity contribution < 1.29 is 40.4 Å². The average Bonchev–Trinajstić information content (AvgIpc) is 3.55. The zero-order valence-electron chi connectivity index (χ0n) is 21.3. The van der Waals surface area contributed by atoms with Crippen LogP contribution in [0.1, 0.15) is 71.6 Å². The minimum absolute atomic E-state index is 0. The van der Waals surface area contributed by atoms with Crippen molar-refractivity contribution in [3.8, 4) is 17.6 Å². The molecule has 1 saturated carbocycles. The molecule has 0 bridgehead atoms. The van der Waals surface area contributed by atoms with Crippen molar-refractivity contribution in [3.05, 3.63) is 41.0 Å². The second kappa shape index (κ2) is 14.2. The number of rotatable bonds is 5. The SMILES string of the molecule is C.CC(C)(C)O.CCOC=O.CCc1c(C)cc2cc(C#CC3CC3)ccc2c1OS(=O)(=O)C(F)(F)F. The second-order valence-electron chi connectivity index (χ2n) is 9.04. The lowest BCUT2D eigenvalue weighted by Crippen LogP contribution is -2.28. The average molecular weight is 547 g/mol. The topological polar surface area (TPSA) is 89.9 Å². The summed E-state index contributed by atoms with van der Waals surface area (Å²) >= 11 is 0. The molecule has 0 spiro atoms. The molecular weight excluding hydrogens is 509 g/mol. The highest BCUT2D eigenvalue weighted by atomic mass is 32.2. The van der Waals surface area contributed by atoms with E-state index in [1.54, 1.807) is 59.7 Å². The van der Waals surface area contributed by atoms with E-state index in [-0.39, 0.29) is 13.2 Å².